The Morgan fingerprint density at radius 2 is 2.20 bits per heavy atom. The molecule has 2 aromatic rings. The van der Waals surface area contributed by atoms with E-state index in [1.807, 2.05) is 0 Å². The molecule has 1 aliphatic rings. The number of nitrogens with zero attached hydrogens (tertiary/aromatic N) is 2. The summed E-state index contributed by atoms with van der Waals surface area (Å²) in [6, 6.07) is 5.99. The van der Waals surface area contributed by atoms with Crippen LogP contribution in [0.25, 0.3) is 0 Å². The van der Waals surface area contributed by atoms with Crippen LogP contribution in [0.1, 0.15) is 18.5 Å². The quantitative estimate of drug-likeness (QED) is 0.883. The Balaban J connectivity index is 1.70. The highest BCUT2D eigenvalue weighted by molar-refractivity contribution is 9.10. The summed E-state index contributed by atoms with van der Waals surface area (Å²) in [4.78, 5) is 8.59. The van der Waals surface area contributed by atoms with E-state index in [0.717, 1.165) is 16.7 Å². The number of nitrogens with one attached hydrogen (secondary N) is 1. The smallest absolute Gasteiger partial charge is 0.238 e. The number of hydrogen-bond acceptors (Lipinski definition) is 4. The van der Waals surface area contributed by atoms with Gasteiger partial charge in [-0.2, -0.15) is 0 Å². The van der Waals surface area contributed by atoms with Gasteiger partial charge in [0.25, 0.3) is 0 Å². The monoisotopic (exact) mass is 353 g/mol. The van der Waals surface area contributed by atoms with Gasteiger partial charge in [-0.15, -0.1) is 0 Å². The minimum atomic E-state index is 0.475. The molecule has 1 aromatic carbocycles. The molecule has 0 saturated heterocycles. The van der Waals surface area contributed by atoms with Gasteiger partial charge in [0.2, 0.25) is 5.88 Å². The van der Waals surface area contributed by atoms with Crippen molar-refractivity contribution < 1.29 is 4.74 Å². The van der Waals surface area contributed by atoms with Gasteiger partial charge in [0, 0.05) is 23.8 Å². The Kier molecular flexibility index (Phi) is 4.19. The van der Waals surface area contributed by atoms with E-state index in [2.05, 4.69) is 31.2 Å². The molecule has 20 heavy (non-hydrogen) atoms. The van der Waals surface area contributed by atoms with Crippen LogP contribution < -0.4 is 10.1 Å². The predicted molar refractivity (Wildman–Crippen MR) is 81.1 cm³/mol. The maximum absolute atomic E-state index is 5.90. The molecule has 1 heterocycles. The number of ether oxygens (including phenoxy) is 1. The van der Waals surface area contributed by atoms with Crippen molar-refractivity contribution in [3.05, 3.63) is 45.8 Å². The van der Waals surface area contributed by atoms with Crippen LogP contribution >= 0.6 is 27.5 Å². The lowest BCUT2D eigenvalue weighted by atomic mass is 10.3. The molecule has 0 amide bonds. The summed E-state index contributed by atoms with van der Waals surface area (Å²) in [5.41, 5.74) is 0.875. The zero-order valence-corrected chi connectivity index (χ0v) is 13.0. The lowest BCUT2D eigenvalue weighted by Crippen LogP contribution is -2.16. The molecule has 4 nitrogen and oxygen atoms in total. The molecule has 1 aliphatic carbocycles. The lowest BCUT2D eigenvalue weighted by molar-refractivity contribution is 0.453. The van der Waals surface area contributed by atoms with Gasteiger partial charge < -0.3 is 10.1 Å². The van der Waals surface area contributed by atoms with E-state index in [-0.39, 0.29) is 0 Å². The van der Waals surface area contributed by atoms with Crippen LogP contribution in [-0.2, 0) is 6.54 Å². The second-order valence-corrected chi connectivity index (χ2v) is 5.97. The predicted octanol–water partition coefficient (Wildman–Crippen LogP) is 3.94. The molecule has 1 saturated carbocycles. The van der Waals surface area contributed by atoms with Gasteiger partial charge in [-0.05, 0) is 47.0 Å². The summed E-state index contributed by atoms with van der Waals surface area (Å²) in [6.45, 7) is 0.719. The minimum absolute atomic E-state index is 0.475. The second-order valence-electron chi connectivity index (χ2n) is 4.68. The number of benzene rings is 1. The summed E-state index contributed by atoms with van der Waals surface area (Å²) in [5, 5.41) is 4.05. The molecule has 0 bridgehead atoms. The summed E-state index contributed by atoms with van der Waals surface area (Å²) in [6.07, 6.45) is 5.85. The number of rotatable bonds is 5. The third-order valence-electron chi connectivity index (χ3n) is 2.92. The van der Waals surface area contributed by atoms with E-state index >= 15 is 0 Å². The molecule has 1 aromatic heterocycles. The largest absolute Gasteiger partial charge is 0.436 e. The van der Waals surface area contributed by atoms with Gasteiger partial charge in [-0.3, -0.25) is 4.98 Å². The molecule has 6 heteroatoms. The van der Waals surface area contributed by atoms with Crippen LogP contribution in [-0.4, -0.2) is 16.0 Å². The van der Waals surface area contributed by atoms with Gasteiger partial charge >= 0.3 is 0 Å². The van der Waals surface area contributed by atoms with Crippen molar-refractivity contribution in [1.29, 1.82) is 0 Å². The van der Waals surface area contributed by atoms with Crippen LogP contribution in [0, 0.1) is 0 Å². The first-order valence-electron chi connectivity index (χ1n) is 6.38. The fourth-order valence-corrected chi connectivity index (χ4v) is 2.49. The Labute approximate surface area is 130 Å². The molecule has 0 spiro atoms. The van der Waals surface area contributed by atoms with Crippen molar-refractivity contribution in [2.24, 2.45) is 0 Å². The summed E-state index contributed by atoms with van der Waals surface area (Å²) < 4.78 is 6.51. The first-order chi connectivity index (χ1) is 9.70. The first-order valence-corrected chi connectivity index (χ1v) is 7.55. The summed E-state index contributed by atoms with van der Waals surface area (Å²) in [5.74, 6) is 1.14. The van der Waals surface area contributed by atoms with Gasteiger partial charge in [0.15, 0.2) is 0 Å². The number of hydrogen-bond donors (Lipinski definition) is 1. The van der Waals surface area contributed by atoms with Crippen molar-refractivity contribution in [2.45, 2.75) is 25.4 Å². The van der Waals surface area contributed by atoms with Crippen molar-refractivity contribution >= 4 is 27.5 Å². The van der Waals surface area contributed by atoms with Crippen molar-refractivity contribution in [3.8, 4) is 11.6 Å². The SMILES string of the molecule is Clc1ccc(Oc2cncc(CNC3CC3)n2)c(Br)c1. The third kappa shape index (κ3) is 3.69. The molecular weight excluding hydrogens is 342 g/mol. The highest BCUT2D eigenvalue weighted by Gasteiger charge is 2.20. The van der Waals surface area contributed by atoms with Gasteiger partial charge in [-0.25, -0.2) is 4.98 Å². The van der Waals surface area contributed by atoms with E-state index in [4.69, 9.17) is 16.3 Å². The fraction of sp³-hybridized carbons (Fsp3) is 0.286. The maximum Gasteiger partial charge on any atom is 0.238 e. The average molecular weight is 355 g/mol. The Morgan fingerprint density at radius 3 is 2.95 bits per heavy atom. The Hall–Kier alpha value is -1.17. The fourth-order valence-electron chi connectivity index (χ4n) is 1.73. The summed E-state index contributed by atoms with van der Waals surface area (Å²) >= 11 is 9.31. The number of aromatic nitrogens is 2. The molecule has 3 rings (SSSR count). The Morgan fingerprint density at radius 1 is 1.35 bits per heavy atom. The first kappa shape index (κ1) is 13.8. The molecule has 0 unspecified atom stereocenters. The standard InChI is InChI=1S/C14H13BrClN3O/c15-12-5-9(16)1-4-13(12)20-14-8-17-6-11(19-14)7-18-10-2-3-10/h1,4-6,8,10,18H,2-3,7H2. The van der Waals surface area contributed by atoms with Gasteiger partial charge in [-0.1, -0.05) is 11.6 Å². The van der Waals surface area contributed by atoms with Gasteiger partial charge in [0.1, 0.15) is 5.75 Å². The Bertz CT molecular complexity index is 619. The molecule has 0 atom stereocenters. The average Bonchev–Trinajstić information content (AvgIpc) is 3.24. The zero-order valence-electron chi connectivity index (χ0n) is 10.6. The van der Waals surface area contributed by atoms with E-state index in [0.29, 0.717) is 22.7 Å². The molecular formula is C14H13BrClN3O. The molecule has 1 fully saturated rings. The van der Waals surface area contributed by atoms with Crippen LogP contribution in [0.15, 0.2) is 35.1 Å². The highest BCUT2D eigenvalue weighted by Crippen LogP contribution is 2.31. The van der Waals surface area contributed by atoms with Crippen LogP contribution in [0.2, 0.25) is 5.02 Å². The van der Waals surface area contributed by atoms with Crippen molar-refractivity contribution in [3.63, 3.8) is 0 Å². The van der Waals surface area contributed by atoms with E-state index in [9.17, 15) is 0 Å². The molecule has 0 radical (unpaired) electrons. The van der Waals surface area contributed by atoms with E-state index in [1.54, 1.807) is 30.6 Å². The molecule has 104 valence electrons. The molecule has 0 aliphatic heterocycles. The van der Waals surface area contributed by atoms with E-state index < -0.39 is 0 Å². The van der Waals surface area contributed by atoms with Crippen LogP contribution in [0.5, 0.6) is 11.6 Å². The maximum atomic E-state index is 5.90. The van der Waals surface area contributed by atoms with Crippen LogP contribution in [0.3, 0.4) is 0 Å². The second kappa shape index (κ2) is 6.08. The van der Waals surface area contributed by atoms with Crippen LogP contribution in [0.4, 0.5) is 0 Å². The summed E-state index contributed by atoms with van der Waals surface area (Å²) in [7, 11) is 0. The third-order valence-corrected chi connectivity index (χ3v) is 3.77. The topological polar surface area (TPSA) is 47.0 Å². The van der Waals surface area contributed by atoms with Crippen molar-refractivity contribution in [1.82, 2.24) is 15.3 Å². The minimum Gasteiger partial charge on any atom is -0.436 e. The normalized spacial score (nSPS) is 14.3. The zero-order chi connectivity index (χ0) is 13.9. The molecule has 1 N–H and O–H groups in total. The highest BCUT2D eigenvalue weighted by atomic mass is 79.9. The van der Waals surface area contributed by atoms with E-state index in [1.165, 1.54) is 12.8 Å². The lowest BCUT2D eigenvalue weighted by Gasteiger charge is -2.08. The van der Waals surface area contributed by atoms with Gasteiger partial charge in [0.05, 0.1) is 16.4 Å². The number of halogens is 2. The van der Waals surface area contributed by atoms with Crippen molar-refractivity contribution in [2.75, 3.05) is 0 Å².